The number of benzene rings is 2. The van der Waals surface area contributed by atoms with Gasteiger partial charge in [-0.3, -0.25) is 0 Å². The van der Waals surface area contributed by atoms with Crippen LogP contribution in [0.15, 0.2) is 41.9 Å². The molecular formula is C22H18FN2S+. The van der Waals surface area contributed by atoms with E-state index in [1.807, 2.05) is 30.8 Å². The van der Waals surface area contributed by atoms with E-state index in [0.717, 1.165) is 32.9 Å². The summed E-state index contributed by atoms with van der Waals surface area (Å²) in [5.41, 5.74) is 7.79. The van der Waals surface area contributed by atoms with Gasteiger partial charge in [0.05, 0.1) is 21.8 Å². The number of rotatable bonds is 0. The summed E-state index contributed by atoms with van der Waals surface area (Å²) in [6.45, 7) is 3.98. The first-order chi connectivity index (χ1) is 12.6. The van der Waals surface area contributed by atoms with Crippen molar-refractivity contribution < 1.29 is 8.97 Å². The van der Waals surface area contributed by atoms with Gasteiger partial charge in [-0.1, -0.05) is 18.2 Å². The number of nitrogens with zero attached hydrogens (tertiary/aromatic N) is 2. The van der Waals surface area contributed by atoms with Crippen LogP contribution in [0.5, 0.6) is 0 Å². The minimum atomic E-state index is -0.0768. The number of fused-ring (bicyclic) bond motifs is 5. The van der Waals surface area contributed by atoms with Crippen molar-refractivity contribution in [2.75, 3.05) is 7.05 Å². The highest BCUT2D eigenvalue weighted by atomic mass is 32.2. The average molecular weight is 361 g/mol. The van der Waals surface area contributed by atoms with Gasteiger partial charge in [-0.2, -0.15) is 0 Å². The summed E-state index contributed by atoms with van der Waals surface area (Å²) in [6, 6.07) is 8.23. The van der Waals surface area contributed by atoms with Crippen LogP contribution in [0.25, 0.3) is 27.5 Å². The van der Waals surface area contributed by atoms with Crippen LogP contribution in [0.3, 0.4) is 0 Å². The number of hydrogen-bond donors (Lipinski definition) is 0. The number of allylic oxidation sites excluding steroid dienone is 1. The molecule has 2 atom stereocenters. The third-order valence-electron chi connectivity index (χ3n) is 6.28. The van der Waals surface area contributed by atoms with E-state index in [1.54, 1.807) is 0 Å². The highest BCUT2D eigenvalue weighted by Gasteiger charge is 2.47. The maximum absolute atomic E-state index is 15.4. The molecule has 3 aliphatic rings. The predicted molar refractivity (Wildman–Crippen MR) is 107 cm³/mol. The molecular weight excluding hydrogens is 343 g/mol. The number of para-hydroxylation sites is 1. The maximum Gasteiger partial charge on any atom is 0.201 e. The lowest BCUT2D eigenvalue weighted by Gasteiger charge is -2.30. The van der Waals surface area contributed by atoms with Gasteiger partial charge >= 0.3 is 0 Å². The Bertz CT molecular complexity index is 1260. The van der Waals surface area contributed by atoms with E-state index in [0.29, 0.717) is 11.2 Å². The molecule has 0 fully saturated rings. The third-order valence-corrected chi connectivity index (χ3v) is 7.40. The van der Waals surface area contributed by atoms with Crippen LogP contribution in [0.2, 0.25) is 0 Å². The Hall–Kier alpha value is -2.33. The minimum absolute atomic E-state index is 0.0768. The number of hydrogen-bond acceptors (Lipinski definition) is 1. The van der Waals surface area contributed by atoms with E-state index >= 15 is 4.39 Å². The molecule has 3 aliphatic heterocycles. The van der Waals surface area contributed by atoms with E-state index in [2.05, 4.69) is 52.9 Å². The van der Waals surface area contributed by atoms with Gasteiger partial charge in [-0.15, -0.1) is 11.8 Å². The Balaban J connectivity index is 1.97. The van der Waals surface area contributed by atoms with Crippen LogP contribution in [-0.2, 0) is 0 Å². The average Bonchev–Trinajstić information content (AvgIpc) is 3.21. The summed E-state index contributed by atoms with van der Waals surface area (Å²) < 4.78 is 20.0. The predicted octanol–water partition coefficient (Wildman–Crippen LogP) is 5.05. The van der Waals surface area contributed by atoms with Gasteiger partial charge in [-0.25, -0.2) is 8.97 Å². The molecule has 2 aromatic carbocycles. The fraction of sp³-hybridized carbons (Fsp3) is 0.227. The molecule has 0 amide bonds. The highest BCUT2D eigenvalue weighted by molar-refractivity contribution is 8.03. The quantitative estimate of drug-likeness (QED) is 0.509. The third kappa shape index (κ3) is 1.50. The monoisotopic (exact) mass is 361 g/mol. The molecule has 0 bridgehead atoms. The van der Waals surface area contributed by atoms with Crippen molar-refractivity contribution in [2.24, 2.45) is 5.92 Å². The molecule has 0 saturated heterocycles. The molecule has 0 radical (unpaired) electrons. The smallest absolute Gasteiger partial charge is 0.201 e. The van der Waals surface area contributed by atoms with Crippen LogP contribution in [0.4, 0.5) is 4.39 Å². The molecule has 0 aliphatic carbocycles. The first kappa shape index (κ1) is 14.8. The van der Waals surface area contributed by atoms with Crippen molar-refractivity contribution in [2.45, 2.75) is 19.1 Å². The van der Waals surface area contributed by atoms with Crippen LogP contribution in [0, 0.1) is 25.6 Å². The molecule has 0 saturated carbocycles. The maximum atomic E-state index is 15.4. The molecule has 2 nitrogen and oxygen atoms in total. The number of thioether (sulfide) groups is 1. The zero-order valence-corrected chi connectivity index (χ0v) is 15.7. The van der Waals surface area contributed by atoms with Gasteiger partial charge < -0.3 is 4.57 Å². The summed E-state index contributed by atoms with van der Waals surface area (Å²) in [4.78, 5) is 0. The van der Waals surface area contributed by atoms with Crippen LogP contribution in [0.1, 0.15) is 16.7 Å². The standard InChI is InChI=1S/C22H18FN2S/c1-11-12(2)20(23)18-13-6-4-5-7-14(13)25-15-10-26-16-8-9-24(3)21(19(15)16)17(11)22(18)25/h4-10,16,19H,1-3H3/q+1. The fourth-order valence-corrected chi connectivity index (χ4v) is 6.09. The zero-order valence-electron chi connectivity index (χ0n) is 14.9. The van der Waals surface area contributed by atoms with Crippen molar-refractivity contribution in [3.63, 3.8) is 0 Å². The molecule has 4 heterocycles. The molecule has 0 N–H and O–H groups in total. The van der Waals surface area contributed by atoms with Crippen molar-refractivity contribution in [3.05, 3.63) is 64.5 Å². The number of halogens is 1. The Labute approximate surface area is 155 Å². The second kappa shape index (κ2) is 4.68. The van der Waals surface area contributed by atoms with Gasteiger partial charge in [0.25, 0.3) is 0 Å². The van der Waals surface area contributed by atoms with Crippen LogP contribution >= 0.6 is 11.8 Å². The van der Waals surface area contributed by atoms with Gasteiger partial charge in [0.1, 0.15) is 18.8 Å². The SMILES string of the molecule is Cc1c(C)c2c3c(c1F)c1ccccc1n3C1=CSC3C=C[N+](C)=C2C13. The van der Waals surface area contributed by atoms with Crippen LogP contribution < -0.4 is 0 Å². The van der Waals surface area contributed by atoms with Gasteiger partial charge in [0.2, 0.25) is 5.71 Å². The van der Waals surface area contributed by atoms with Crippen molar-refractivity contribution >= 4 is 45.0 Å². The molecule has 128 valence electrons. The van der Waals surface area contributed by atoms with Crippen molar-refractivity contribution in [3.8, 4) is 0 Å². The van der Waals surface area contributed by atoms with Crippen LogP contribution in [-0.4, -0.2) is 27.2 Å². The first-order valence-electron chi connectivity index (χ1n) is 8.95. The lowest BCUT2D eigenvalue weighted by atomic mass is 9.82. The number of aromatic nitrogens is 1. The summed E-state index contributed by atoms with van der Waals surface area (Å²) in [5, 5.41) is 4.47. The second-order valence-corrected chi connectivity index (χ2v) is 8.53. The Morgan fingerprint density at radius 1 is 1.15 bits per heavy atom. The fourth-order valence-electron chi connectivity index (χ4n) is 4.96. The Morgan fingerprint density at radius 2 is 1.96 bits per heavy atom. The van der Waals surface area contributed by atoms with E-state index in [1.165, 1.54) is 17.0 Å². The van der Waals surface area contributed by atoms with Gasteiger partial charge in [-0.05, 0) is 42.5 Å². The summed E-state index contributed by atoms with van der Waals surface area (Å²) in [7, 11) is 2.12. The molecule has 4 heteroatoms. The van der Waals surface area contributed by atoms with E-state index in [4.69, 9.17) is 0 Å². The normalized spacial score (nSPS) is 23.2. The summed E-state index contributed by atoms with van der Waals surface area (Å²) >= 11 is 1.87. The lowest BCUT2D eigenvalue weighted by Crippen LogP contribution is -2.37. The molecule has 1 aromatic heterocycles. The molecule has 2 unspecified atom stereocenters. The van der Waals surface area contributed by atoms with Crippen molar-refractivity contribution in [1.29, 1.82) is 0 Å². The molecule has 26 heavy (non-hydrogen) atoms. The van der Waals surface area contributed by atoms with E-state index in [9.17, 15) is 0 Å². The minimum Gasteiger partial charge on any atom is -0.311 e. The molecule has 0 spiro atoms. The van der Waals surface area contributed by atoms with Gasteiger partial charge in [0, 0.05) is 16.5 Å². The van der Waals surface area contributed by atoms with E-state index < -0.39 is 0 Å². The summed E-state index contributed by atoms with van der Waals surface area (Å²) in [6.07, 6.45) is 4.46. The lowest BCUT2D eigenvalue weighted by molar-refractivity contribution is -0.426. The topological polar surface area (TPSA) is 7.94 Å². The van der Waals surface area contributed by atoms with Gasteiger partial charge in [0.15, 0.2) is 6.20 Å². The Kier molecular flexibility index (Phi) is 2.67. The largest absolute Gasteiger partial charge is 0.311 e. The first-order valence-corrected chi connectivity index (χ1v) is 9.90. The highest BCUT2D eigenvalue weighted by Crippen LogP contribution is 2.51. The van der Waals surface area contributed by atoms with Crippen molar-refractivity contribution in [1.82, 2.24) is 4.57 Å². The van der Waals surface area contributed by atoms with E-state index in [-0.39, 0.29) is 5.82 Å². The zero-order chi connectivity index (χ0) is 17.7. The Morgan fingerprint density at radius 3 is 2.81 bits per heavy atom. The molecule has 3 aromatic rings. The summed E-state index contributed by atoms with van der Waals surface area (Å²) in [5.74, 6) is 0.247. The molecule has 6 rings (SSSR count). The second-order valence-electron chi connectivity index (χ2n) is 7.47.